The molecule has 24 heavy (non-hydrogen) atoms. The average molecular weight is 390 g/mol. The molecule has 0 radical (unpaired) electrons. The highest BCUT2D eigenvalue weighted by molar-refractivity contribution is 9.10. The number of nitrogens with zero attached hydrogens (tertiary/aromatic N) is 1. The molecule has 2 aromatic carbocycles. The minimum Gasteiger partial charge on any atom is -0.493 e. The van der Waals surface area contributed by atoms with Crippen molar-refractivity contribution in [2.24, 2.45) is 0 Å². The number of ether oxygens (including phenoxy) is 2. The van der Waals surface area contributed by atoms with Gasteiger partial charge >= 0.3 is 0 Å². The Balaban J connectivity index is 1.94. The summed E-state index contributed by atoms with van der Waals surface area (Å²) < 4.78 is 11.7. The second kappa shape index (κ2) is 6.85. The number of benzene rings is 2. The molecule has 0 aliphatic carbocycles. The second-order valence-corrected chi connectivity index (χ2v) is 6.76. The number of methoxy groups -OCH3 is 2. The van der Waals surface area contributed by atoms with Crippen LogP contribution in [-0.2, 0) is 6.42 Å². The molecule has 2 aromatic rings. The van der Waals surface area contributed by atoms with Gasteiger partial charge in [0, 0.05) is 16.6 Å². The molecule has 1 aliphatic rings. The van der Waals surface area contributed by atoms with Crippen molar-refractivity contribution in [3.8, 4) is 11.5 Å². The molecule has 5 heteroatoms. The molecular weight excluding hydrogens is 370 g/mol. The van der Waals surface area contributed by atoms with E-state index < -0.39 is 0 Å². The maximum Gasteiger partial charge on any atom is 0.254 e. The summed E-state index contributed by atoms with van der Waals surface area (Å²) in [6.07, 6.45) is 0.805. The van der Waals surface area contributed by atoms with E-state index in [0.29, 0.717) is 17.9 Å². The summed E-state index contributed by atoms with van der Waals surface area (Å²) in [5, 5.41) is 0. The predicted molar refractivity (Wildman–Crippen MR) is 96.8 cm³/mol. The van der Waals surface area contributed by atoms with Crippen LogP contribution < -0.4 is 9.47 Å². The third-order valence-corrected chi connectivity index (χ3v) is 5.01. The Labute approximate surface area is 150 Å². The molecule has 0 saturated carbocycles. The molecule has 0 aromatic heterocycles. The Kier molecular flexibility index (Phi) is 4.81. The number of hydrogen-bond donors (Lipinski definition) is 0. The van der Waals surface area contributed by atoms with Gasteiger partial charge in [-0.05, 0) is 54.8 Å². The largest absolute Gasteiger partial charge is 0.493 e. The normalized spacial score (nSPS) is 16.5. The number of carbonyl (C=O) groups is 1. The van der Waals surface area contributed by atoms with Gasteiger partial charge in [-0.3, -0.25) is 4.79 Å². The number of fused-ring (bicyclic) bond motifs is 1. The van der Waals surface area contributed by atoms with E-state index in [1.807, 2.05) is 41.3 Å². The van der Waals surface area contributed by atoms with Gasteiger partial charge in [-0.25, -0.2) is 0 Å². The van der Waals surface area contributed by atoms with Gasteiger partial charge in [0.25, 0.3) is 5.91 Å². The molecule has 1 aliphatic heterocycles. The van der Waals surface area contributed by atoms with Crippen LogP contribution in [0.3, 0.4) is 0 Å². The molecule has 1 atom stereocenters. The molecule has 4 nitrogen and oxygen atoms in total. The summed E-state index contributed by atoms with van der Waals surface area (Å²) in [4.78, 5) is 14.8. The van der Waals surface area contributed by atoms with E-state index in [-0.39, 0.29) is 11.9 Å². The summed E-state index contributed by atoms with van der Waals surface area (Å²) in [5.74, 6) is 1.47. The average Bonchev–Trinajstić information content (AvgIpc) is 2.60. The summed E-state index contributed by atoms with van der Waals surface area (Å²) in [6, 6.07) is 11.5. The summed E-state index contributed by atoms with van der Waals surface area (Å²) in [6.45, 7) is 2.74. The van der Waals surface area contributed by atoms with Gasteiger partial charge in [-0.15, -0.1) is 0 Å². The van der Waals surface area contributed by atoms with Gasteiger partial charge in [-0.2, -0.15) is 0 Å². The lowest BCUT2D eigenvalue weighted by atomic mass is 9.92. The fourth-order valence-corrected chi connectivity index (χ4v) is 3.61. The zero-order chi connectivity index (χ0) is 17.3. The van der Waals surface area contributed by atoms with Gasteiger partial charge in [0.15, 0.2) is 11.5 Å². The first kappa shape index (κ1) is 16.8. The standard InChI is InChI=1S/C19H20BrNO3/c1-12-16-11-18(24-3)17(23-2)10-13(16)7-8-21(12)19(22)14-5-4-6-15(20)9-14/h4-6,9-12H,7-8H2,1-3H3/t12-/m1/s1. The van der Waals surface area contributed by atoms with Crippen LogP contribution in [0.25, 0.3) is 0 Å². The van der Waals surface area contributed by atoms with E-state index >= 15 is 0 Å². The fraction of sp³-hybridized carbons (Fsp3) is 0.316. The van der Waals surface area contributed by atoms with Gasteiger partial charge in [0.1, 0.15) is 0 Å². The third kappa shape index (κ3) is 3.00. The quantitative estimate of drug-likeness (QED) is 0.788. The van der Waals surface area contributed by atoms with Crippen LogP contribution in [0.1, 0.15) is 34.5 Å². The number of carbonyl (C=O) groups excluding carboxylic acids is 1. The predicted octanol–water partition coefficient (Wildman–Crippen LogP) is 4.23. The molecule has 1 amide bonds. The van der Waals surface area contributed by atoms with Crippen molar-refractivity contribution >= 4 is 21.8 Å². The first-order valence-corrected chi connectivity index (χ1v) is 8.65. The smallest absolute Gasteiger partial charge is 0.254 e. The number of amides is 1. The highest BCUT2D eigenvalue weighted by Gasteiger charge is 2.29. The van der Waals surface area contributed by atoms with Crippen molar-refractivity contribution in [2.45, 2.75) is 19.4 Å². The SMILES string of the molecule is COc1cc2c(cc1OC)[C@@H](C)N(C(=O)c1cccc(Br)c1)CC2. The Hall–Kier alpha value is -2.01. The minimum absolute atomic E-state index is 0.0139. The molecule has 0 N–H and O–H groups in total. The molecule has 0 spiro atoms. The number of halogens is 1. The van der Waals surface area contributed by atoms with E-state index in [1.54, 1.807) is 14.2 Å². The molecule has 0 saturated heterocycles. The lowest BCUT2D eigenvalue weighted by molar-refractivity contribution is 0.0677. The topological polar surface area (TPSA) is 38.8 Å². The maximum atomic E-state index is 12.9. The van der Waals surface area contributed by atoms with Crippen molar-refractivity contribution in [3.05, 3.63) is 57.6 Å². The van der Waals surface area contributed by atoms with E-state index in [9.17, 15) is 4.79 Å². The first-order chi connectivity index (χ1) is 11.5. The lowest BCUT2D eigenvalue weighted by Gasteiger charge is -2.36. The highest BCUT2D eigenvalue weighted by Crippen LogP contribution is 2.38. The lowest BCUT2D eigenvalue weighted by Crippen LogP contribution is -2.38. The van der Waals surface area contributed by atoms with Gasteiger partial charge < -0.3 is 14.4 Å². The Bertz CT molecular complexity index is 775. The van der Waals surface area contributed by atoms with E-state index in [0.717, 1.165) is 22.2 Å². The van der Waals surface area contributed by atoms with Crippen molar-refractivity contribution in [1.82, 2.24) is 4.90 Å². The summed E-state index contributed by atoms with van der Waals surface area (Å²) in [7, 11) is 3.27. The molecular formula is C19H20BrNO3. The summed E-state index contributed by atoms with van der Waals surface area (Å²) in [5.41, 5.74) is 3.01. The van der Waals surface area contributed by atoms with Crippen LogP contribution in [0.2, 0.25) is 0 Å². The summed E-state index contributed by atoms with van der Waals surface area (Å²) >= 11 is 3.43. The van der Waals surface area contributed by atoms with E-state index in [1.165, 1.54) is 5.56 Å². The van der Waals surface area contributed by atoms with Gasteiger partial charge in [0.05, 0.1) is 20.3 Å². The van der Waals surface area contributed by atoms with E-state index in [4.69, 9.17) is 9.47 Å². The first-order valence-electron chi connectivity index (χ1n) is 7.86. The van der Waals surface area contributed by atoms with Crippen LogP contribution in [0.5, 0.6) is 11.5 Å². The van der Waals surface area contributed by atoms with Gasteiger partial charge in [0.2, 0.25) is 0 Å². The van der Waals surface area contributed by atoms with Crippen LogP contribution in [0.4, 0.5) is 0 Å². The zero-order valence-electron chi connectivity index (χ0n) is 14.0. The molecule has 3 rings (SSSR count). The second-order valence-electron chi connectivity index (χ2n) is 5.84. The van der Waals surface area contributed by atoms with Crippen LogP contribution in [0.15, 0.2) is 40.9 Å². The maximum absolute atomic E-state index is 12.9. The van der Waals surface area contributed by atoms with Crippen molar-refractivity contribution in [3.63, 3.8) is 0 Å². The van der Waals surface area contributed by atoms with E-state index in [2.05, 4.69) is 22.9 Å². The number of hydrogen-bond acceptors (Lipinski definition) is 3. The van der Waals surface area contributed by atoms with Crippen LogP contribution in [0, 0.1) is 0 Å². The molecule has 0 fully saturated rings. The monoisotopic (exact) mass is 389 g/mol. The van der Waals surface area contributed by atoms with Crippen LogP contribution >= 0.6 is 15.9 Å². The third-order valence-electron chi connectivity index (χ3n) is 4.52. The fourth-order valence-electron chi connectivity index (χ4n) is 3.21. The Morgan fingerprint density at radius 1 is 1.17 bits per heavy atom. The number of rotatable bonds is 3. The van der Waals surface area contributed by atoms with Crippen molar-refractivity contribution in [1.29, 1.82) is 0 Å². The van der Waals surface area contributed by atoms with Crippen LogP contribution in [-0.4, -0.2) is 31.6 Å². The molecule has 126 valence electrons. The van der Waals surface area contributed by atoms with Crippen molar-refractivity contribution in [2.75, 3.05) is 20.8 Å². The van der Waals surface area contributed by atoms with Gasteiger partial charge in [-0.1, -0.05) is 22.0 Å². The zero-order valence-corrected chi connectivity index (χ0v) is 15.6. The molecule has 0 unspecified atom stereocenters. The molecule has 0 bridgehead atoms. The Morgan fingerprint density at radius 3 is 2.54 bits per heavy atom. The molecule has 1 heterocycles. The minimum atomic E-state index is -0.0139. The van der Waals surface area contributed by atoms with Crippen molar-refractivity contribution < 1.29 is 14.3 Å². The Morgan fingerprint density at radius 2 is 1.88 bits per heavy atom. The highest BCUT2D eigenvalue weighted by atomic mass is 79.9.